The fraction of sp³-hybridized carbons (Fsp3) is 0.368. The van der Waals surface area contributed by atoms with Crippen molar-refractivity contribution in [2.24, 2.45) is 0 Å². The van der Waals surface area contributed by atoms with Gasteiger partial charge in [0.1, 0.15) is 0 Å². The van der Waals surface area contributed by atoms with Crippen LogP contribution in [0.2, 0.25) is 0 Å². The van der Waals surface area contributed by atoms with E-state index >= 15 is 0 Å². The largest absolute Gasteiger partial charge is 0.504 e. The lowest BCUT2D eigenvalue weighted by Gasteiger charge is -2.22. The van der Waals surface area contributed by atoms with Crippen LogP contribution in [0.4, 0.5) is 0 Å². The molecule has 0 fully saturated rings. The third-order valence-electron chi connectivity index (χ3n) is 4.07. The zero-order chi connectivity index (χ0) is 16.1. The maximum atomic E-state index is 9.83. The topological polar surface area (TPSA) is 43.7 Å². The first-order chi connectivity index (χ1) is 10.6. The van der Waals surface area contributed by atoms with Crippen molar-refractivity contribution in [2.75, 3.05) is 20.1 Å². The van der Waals surface area contributed by atoms with Gasteiger partial charge in [-0.3, -0.25) is 0 Å². The molecular weight excluding hydrogens is 274 g/mol. The summed E-state index contributed by atoms with van der Waals surface area (Å²) in [4.78, 5) is 2.30. The summed E-state index contributed by atoms with van der Waals surface area (Å²) < 4.78 is 0. The molecule has 118 valence electrons. The molecule has 2 aromatic rings. The van der Waals surface area contributed by atoms with E-state index in [1.54, 1.807) is 12.1 Å². The standard InChI is InChI=1S/C17H19NO2.C2H6/c1-18-8-7-13-9-16(19)17(20)10-14(13)15(11-18)12-5-3-2-4-6-12;1-2/h2-6,9-10,15,19-20H,7-8,11H2,1H3;1-2H3/t15-;/m1./s1. The summed E-state index contributed by atoms with van der Waals surface area (Å²) in [6.07, 6.45) is 0.892. The van der Waals surface area contributed by atoms with Crippen molar-refractivity contribution < 1.29 is 10.2 Å². The van der Waals surface area contributed by atoms with Crippen LogP contribution >= 0.6 is 0 Å². The second-order valence-corrected chi connectivity index (χ2v) is 5.52. The Labute approximate surface area is 132 Å². The lowest BCUT2D eigenvalue weighted by Crippen LogP contribution is -2.24. The van der Waals surface area contributed by atoms with Gasteiger partial charge in [-0.15, -0.1) is 0 Å². The predicted octanol–water partition coefficient (Wildman–Crippen LogP) is 3.74. The molecule has 22 heavy (non-hydrogen) atoms. The third kappa shape index (κ3) is 3.42. The highest BCUT2D eigenvalue weighted by Gasteiger charge is 2.24. The summed E-state index contributed by atoms with van der Waals surface area (Å²) in [6.45, 7) is 5.88. The number of phenols is 2. The lowest BCUT2D eigenvalue weighted by molar-refractivity contribution is 0.338. The number of phenolic OH excluding ortho intramolecular Hbond substituents is 2. The fourth-order valence-corrected chi connectivity index (χ4v) is 2.96. The molecule has 1 atom stereocenters. The SMILES string of the molecule is CC.CN1CCc2cc(O)c(O)cc2[C@@H](c2ccccc2)C1. The van der Waals surface area contributed by atoms with E-state index in [4.69, 9.17) is 0 Å². The number of fused-ring (bicyclic) bond motifs is 1. The van der Waals surface area contributed by atoms with Crippen LogP contribution in [0.5, 0.6) is 11.5 Å². The Hall–Kier alpha value is -2.00. The second-order valence-electron chi connectivity index (χ2n) is 5.52. The maximum absolute atomic E-state index is 9.83. The van der Waals surface area contributed by atoms with Crippen LogP contribution in [-0.4, -0.2) is 35.3 Å². The molecule has 0 unspecified atom stereocenters. The van der Waals surface area contributed by atoms with E-state index in [-0.39, 0.29) is 17.4 Å². The van der Waals surface area contributed by atoms with Crippen LogP contribution in [0.1, 0.15) is 36.5 Å². The van der Waals surface area contributed by atoms with Crippen LogP contribution in [0.25, 0.3) is 0 Å². The fourth-order valence-electron chi connectivity index (χ4n) is 2.96. The minimum atomic E-state index is -0.0331. The van der Waals surface area contributed by atoms with Crippen molar-refractivity contribution in [3.8, 4) is 11.5 Å². The molecule has 1 aliphatic rings. The van der Waals surface area contributed by atoms with Crippen LogP contribution in [0, 0.1) is 0 Å². The summed E-state index contributed by atoms with van der Waals surface area (Å²) in [7, 11) is 2.11. The van der Waals surface area contributed by atoms with Gasteiger partial charge in [0.15, 0.2) is 11.5 Å². The van der Waals surface area contributed by atoms with Crippen molar-refractivity contribution in [1.82, 2.24) is 4.90 Å². The third-order valence-corrected chi connectivity index (χ3v) is 4.07. The molecule has 0 aromatic heterocycles. The quantitative estimate of drug-likeness (QED) is 0.788. The van der Waals surface area contributed by atoms with Gasteiger partial charge < -0.3 is 15.1 Å². The summed E-state index contributed by atoms with van der Waals surface area (Å²) in [6, 6.07) is 13.8. The zero-order valence-electron chi connectivity index (χ0n) is 13.6. The molecule has 3 heteroatoms. The Bertz CT molecular complexity index is 610. The first kappa shape index (κ1) is 16.4. The molecule has 2 aromatic carbocycles. The number of hydrogen-bond donors (Lipinski definition) is 2. The highest BCUT2D eigenvalue weighted by molar-refractivity contribution is 5.50. The van der Waals surface area contributed by atoms with Gasteiger partial charge in [-0.25, -0.2) is 0 Å². The molecule has 0 spiro atoms. The number of hydrogen-bond acceptors (Lipinski definition) is 3. The molecule has 2 N–H and O–H groups in total. The van der Waals surface area contributed by atoms with Crippen LogP contribution in [-0.2, 0) is 6.42 Å². The number of nitrogens with zero attached hydrogens (tertiary/aromatic N) is 1. The van der Waals surface area contributed by atoms with Gasteiger partial charge in [-0.05, 0) is 42.3 Å². The molecule has 3 nitrogen and oxygen atoms in total. The second kappa shape index (κ2) is 7.32. The smallest absolute Gasteiger partial charge is 0.157 e. The number of likely N-dealkylation sites (N-methyl/N-ethyl adjacent to an activating group) is 1. The maximum Gasteiger partial charge on any atom is 0.157 e. The molecule has 1 heterocycles. The van der Waals surface area contributed by atoms with Crippen molar-refractivity contribution in [3.63, 3.8) is 0 Å². The number of benzene rings is 2. The molecule has 0 amide bonds. The van der Waals surface area contributed by atoms with E-state index in [0.717, 1.165) is 30.6 Å². The summed E-state index contributed by atoms with van der Waals surface area (Å²) >= 11 is 0. The average Bonchev–Trinajstić information content (AvgIpc) is 2.71. The van der Waals surface area contributed by atoms with Crippen molar-refractivity contribution in [2.45, 2.75) is 26.2 Å². The van der Waals surface area contributed by atoms with E-state index in [1.807, 2.05) is 32.0 Å². The van der Waals surface area contributed by atoms with Gasteiger partial charge in [0.05, 0.1) is 0 Å². The van der Waals surface area contributed by atoms with Crippen molar-refractivity contribution in [3.05, 3.63) is 59.2 Å². The van der Waals surface area contributed by atoms with Crippen LogP contribution in [0.3, 0.4) is 0 Å². The van der Waals surface area contributed by atoms with E-state index < -0.39 is 0 Å². The first-order valence-corrected chi connectivity index (χ1v) is 7.93. The molecule has 3 rings (SSSR count). The van der Waals surface area contributed by atoms with E-state index in [1.165, 1.54) is 5.56 Å². The van der Waals surface area contributed by atoms with E-state index in [0.29, 0.717) is 0 Å². The lowest BCUT2D eigenvalue weighted by atomic mass is 9.87. The van der Waals surface area contributed by atoms with Gasteiger partial charge in [-0.2, -0.15) is 0 Å². The summed E-state index contributed by atoms with van der Waals surface area (Å²) in [5, 5.41) is 19.6. The average molecular weight is 299 g/mol. The van der Waals surface area contributed by atoms with Crippen molar-refractivity contribution in [1.29, 1.82) is 0 Å². The van der Waals surface area contributed by atoms with E-state index in [9.17, 15) is 10.2 Å². The van der Waals surface area contributed by atoms with Crippen LogP contribution < -0.4 is 0 Å². The van der Waals surface area contributed by atoms with Crippen LogP contribution in [0.15, 0.2) is 42.5 Å². The summed E-state index contributed by atoms with van der Waals surface area (Å²) in [5.41, 5.74) is 3.49. The first-order valence-electron chi connectivity index (χ1n) is 7.93. The Kier molecular flexibility index (Phi) is 5.45. The number of rotatable bonds is 1. The Morgan fingerprint density at radius 3 is 2.32 bits per heavy atom. The molecule has 1 aliphatic heterocycles. The van der Waals surface area contributed by atoms with Gasteiger partial charge in [0, 0.05) is 19.0 Å². The zero-order valence-corrected chi connectivity index (χ0v) is 13.6. The molecule has 0 saturated heterocycles. The molecule has 0 saturated carbocycles. The van der Waals surface area contributed by atoms with Gasteiger partial charge in [0.2, 0.25) is 0 Å². The molecule has 0 radical (unpaired) electrons. The monoisotopic (exact) mass is 299 g/mol. The Morgan fingerprint density at radius 2 is 1.64 bits per heavy atom. The Morgan fingerprint density at radius 1 is 1.00 bits per heavy atom. The minimum absolute atomic E-state index is 0.0277. The van der Waals surface area contributed by atoms with Gasteiger partial charge in [-0.1, -0.05) is 44.2 Å². The number of aromatic hydroxyl groups is 2. The van der Waals surface area contributed by atoms with E-state index in [2.05, 4.69) is 24.1 Å². The predicted molar refractivity (Wildman–Crippen MR) is 90.6 cm³/mol. The molecule has 0 bridgehead atoms. The Balaban J connectivity index is 0.000000847. The highest BCUT2D eigenvalue weighted by Crippen LogP contribution is 2.37. The van der Waals surface area contributed by atoms with Gasteiger partial charge >= 0.3 is 0 Å². The molecule has 0 aliphatic carbocycles. The van der Waals surface area contributed by atoms with Crippen molar-refractivity contribution >= 4 is 0 Å². The highest BCUT2D eigenvalue weighted by atomic mass is 16.3. The minimum Gasteiger partial charge on any atom is -0.504 e. The van der Waals surface area contributed by atoms with Gasteiger partial charge in [0.25, 0.3) is 0 Å². The summed E-state index contributed by atoms with van der Waals surface area (Å²) in [5.74, 6) is 0.166. The normalized spacial score (nSPS) is 17.9. The molecular formula is C19H25NO2.